The summed E-state index contributed by atoms with van der Waals surface area (Å²) in [5, 5.41) is 1.38. The highest BCUT2D eigenvalue weighted by Gasteiger charge is 2.24. The molecule has 6 aromatic rings. The number of para-hydroxylation sites is 1. The highest BCUT2D eigenvalue weighted by molar-refractivity contribution is 7.99. The standard InChI is InChI=1S/C40H39NO8S/c1-24-13-15-25(16-14-24)30-23-35(28-11-7-8-12-29(28)41-30)50-18-10-9-17-48-40-37(42)36-31(44-3)21-27(43-2)22-32(36)49-38(40)26-19-33(45-4)39(47-6)34(20-26)46-5/h7-8,11-16,19-23H,9-10,17-18H2,1-6H3. The average molecular weight is 694 g/mol. The molecule has 0 saturated heterocycles. The zero-order valence-corrected chi connectivity index (χ0v) is 29.8. The molecular weight excluding hydrogens is 655 g/mol. The number of thioether (sulfide) groups is 1. The number of hydrogen-bond acceptors (Lipinski definition) is 10. The van der Waals surface area contributed by atoms with E-state index in [1.165, 1.54) is 46.0 Å². The first-order chi connectivity index (χ1) is 24.4. The van der Waals surface area contributed by atoms with Crippen LogP contribution in [0.1, 0.15) is 18.4 Å². The van der Waals surface area contributed by atoms with Crippen LogP contribution < -0.4 is 33.8 Å². The zero-order valence-electron chi connectivity index (χ0n) is 29.0. The van der Waals surface area contributed by atoms with E-state index in [0.717, 1.165) is 34.3 Å². The van der Waals surface area contributed by atoms with E-state index in [1.807, 2.05) is 12.1 Å². The van der Waals surface area contributed by atoms with Crippen LogP contribution in [0.5, 0.6) is 34.5 Å². The summed E-state index contributed by atoms with van der Waals surface area (Å²) in [6, 6.07) is 25.6. The van der Waals surface area contributed by atoms with Crippen molar-refractivity contribution in [1.29, 1.82) is 0 Å². The van der Waals surface area contributed by atoms with Gasteiger partial charge in [-0.2, -0.15) is 0 Å². The van der Waals surface area contributed by atoms with Gasteiger partial charge in [-0.05, 0) is 49.8 Å². The third-order valence-electron chi connectivity index (χ3n) is 8.34. The molecule has 0 aliphatic rings. The molecule has 0 spiro atoms. The summed E-state index contributed by atoms with van der Waals surface area (Å²) in [5.74, 6) is 3.16. The molecule has 50 heavy (non-hydrogen) atoms. The number of aryl methyl sites for hydroxylation is 1. The maximum absolute atomic E-state index is 14.1. The van der Waals surface area contributed by atoms with Crippen LogP contribution in [0.2, 0.25) is 0 Å². The Morgan fingerprint density at radius 1 is 0.720 bits per heavy atom. The number of methoxy groups -OCH3 is 5. The Morgan fingerprint density at radius 3 is 2.12 bits per heavy atom. The van der Waals surface area contributed by atoms with E-state index < -0.39 is 0 Å². The molecule has 0 saturated carbocycles. The van der Waals surface area contributed by atoms with Crippen molar-refractivity contribution in [2.24, 2.45) is 0 Å². The lowest BCUT2D eigenvalue weighted by Gasteiger charge is -2.17. The number of hydrogen-bond donors (Lipinski definition) is 0. The molecule has 0 bridgehead atoms. The second-order valence-corrected chi connectivity index (χ2v) is 12.6. The summed E-state index contributed by atoms with van der Waals surface area (Å²) in [4.78, 5) is 20.2. The molecule has 0 amide bonds. The lowest BCUT2D eigenvalue weighted by molar-refractivity contribution is 0.301. The van der Waals surface area contributed by atoms with Crippen molar-refractivity contribution in [3.8, 4) is 57.1 Å². The number of aromatic nitrogens is 1. The fourth-order valence-corrected chi connectivity index (χ4v) is 6.84. The molecule has 0 radical (unpaired) electrons. The van der Waals surface area contributed by atoms with Crippen molar-refractivity contribution >= 4 is 33.6 Å². The van der Waals surface area contributed by atoms with E-state index in [0.29, 0.717) is 47.3 Å². The van der Waals surface area contributed by atoms with Crippen molar-refractivity contribution in [3.05, 3.63) is 94.6 Å². The molecule has 0 unspecified atom stereocenters. The molecule has 4 aromatic carbocycles. The Kier molecular flexibility index (Phi) is 10.7. The first-order valence-corrected chi connectivity index (χ1v) is 17.1. The van der Waals surface area contributed by atoms with E-state index in [2.05, 4.69) is 49.4 Å². The lowest BCUT2D eigenvalue weighted by Crippen LogP contribution is -2.12. The van der Waals surface area contributed by atoms with Crippen molar-refractivity contribution in [2.45, 2.75) is 24.7 Å². The molecule has 2 aromatic heterocycles. The van der Waals surface area contributed by atoms with E-state index in [1.54, 1.807) is 36.0 Å². The van der Waals surface area contributed by atoms with Crippen LogP contribution in [0.15, 0.2) is 93.0 Å². The number of benzene rings is 4. The van der Waals surface area contributed by atoms with Gasteiger partial charge in [-0.15, -0.1) is 11.8 Å². The maximum atomic E-state index is 14.1. The third kappa shape index (κ3) is 7.02. The number of fused-ring (bicyclic) bond motifs is 2. The van der Waals surface area contributed by atoms with Crippen LogP contribution in [-0.4, -0.2) is 52.9 Å². The van der Waals surface area contributed by atoms with Crippen LogP contribution in [0.25, 0.3) is 44.5 Å². The predicted molar refractivity (Wildman–Crippen MR) is 198 cm³/mol. The van der Waals surface area contributed by atoms with Gasteiger partial charge in [0.25, 0.3) is 0 Å². The third-order valence-corrected chi connectivity index (χ3v) is 9.48. The summed E-state index contributed by atoms with van der Waals surface area (Å²) in [6.07, 6.45) is 1.55. The molecule has 0 atom stereocenters. The maximum Gasteiger partial charge on any atom is 0.239 e. The molecule has 10 heteroatoms. The Bertz CT molecular complexity index is 2170. The van der Waals surface area contributed by atoms with Crippen molar-refractivity contribution < 1.29 is 32.8 Å². The topological polar surface area (TPSA) is 98.5 Å². The van der Waals surface area contributed by atoms with E-state index in [9.17, 15) is 4.79 Å². The molecule has 0 aliphatic carbocycles. The molecule has 6 rings (SSSR count). The fourth-order valence-electron chi connectivity index (χ4n) is 5.75. The largest absolute Gasteiger partial charge is 0.496 e. The van der Waals surface area contributed by atoms with Crippen molar-refractivity contribution in [3.63, 3.8) is 0 Å². The van der Waals surface area contributed by atoms with Gasteiger partial charge >= 0.3 is 0 Å². The number of rotatable bonds is 14. The Labute approximate surface area is 295 Å². The number of nitrogens with zero attached hydrogens (tertiary/aromatic N) is 1. The van der Waals surface area contributed by atoms with E-state index in [-0.39, 0.29) is 27.9 Å². The molecule has 0 aliphatic heterocycles. The predicted octanol–water partition coefficient (Wildman–Crippen LogP) is 8.98. The van der Waals surface area contributed by atoms with E-state index in [4.69, 9.17) is 37.8 Å². The summed E-state index contributed by atoms with van der Waals surface area (Å²) in [7, 11) is 7.62. The molecule has 2 heterocycles. The minimum atomic E-state index is -0.365. The normalized spacial score (nSPS) is 11.1. The molecule has 258 valence electrons. The van der Waals surface area contributed by atoms with Crippen LogP contribution in [0.4, 0.5) is 0 Å². The minimum absolute atomic E-state index is 0.0609. The monoisotopic (exact) mass is 693 g/mol. The second kappa shape index (κ2) is 15.5. The number of ether oxygens (including phenoxy) is 6. The van der Waals surface area contributed by atoms with Gasteiger partial charge in [0.05, 0.1) is 53.4 Å². The first kappa shape index (κ1) is 34.5. The fraction of sp³-hybridized carbons (Fsp3) is 0.250. The zero-order chi connectivity index (χ0) is 35.2. The summed E-state index contributed by atoms with van der Waals surface area (Å²) in [5.41, 5.74) is 4.65. The average Bonchev–Trinajstić information content (AvgIpc) is 3.15. The highest BCUT2D eigenvalue weighted by Crippen LogP contribution is 2.44. The van der Waals surface area contributed by atoms with Crippen LogP contribution in [-0.2, 0) is 0 Å². The van der Waals surface area contributed by atoms with Crippen molar-refractivity contribution in [1.82, 2.24) is 4.98 Å². The molecule has 0 N–H and O–H groups in total. The van der Waals surface area contributed by atoms with Crippen LogP contribution in [0, 0.1) is 6.92 Å². The lowest BCUT2D eigenvalue weighted by atomic mass is 10.1. The van der Waals surface area contributed by atoms with Gasteiger partial charge in [0.1, 0.15) is 22.5 Å². The first-order valence-electron chi connectivity index (χ1n) is 16.1. The Balaban J connectivity index is 1.26. The summed E-state index contributed by atoms with van der Waals surface area (Å²) in [6.45, 7) is 2.37. The Hall–Kier alpha value is -5.35. The van der Waals surface area contributed by atoms with Gasteiger partial charge in [0, 0.05) is 33.5 Å². The van der Waals surface area contributed by atoms with Crippen LogP contribution in [0.3, 0.4) is 0 Å². The Morgan fingerprint density at radius 2 is 1.44 bits per heavy atom. The van der Waals surface area contributed by atoms with Crippen LogP contribution >= 0.6 is 11.8 Å². The van der Waals surface area contributed by atoms with E-state index >= 15 is 0 Å². The SMILES string of the molecule is COc1cc(OC)c2c(=O)c(OCCCCSc3cc(-c4ccc(C)cc4)nc4ccccc34)c(-c3cc(OC)c(OC)c(OC)c3)oc2c1. The molecule has 9 nitrogen and oxygen atoms in total. The van der Waals surface area contributed by atoms with Gasteiger partial charge < -0.3 is 32.8 Å². The second-order valence-electron chi connectivity index (χ2n) is 11.5. The number of pyridine rings is 1. The number of unbranched alkanes of at least 4 members (excludes halogenated alkanes) is 1. The van der Waals surface area contributed by atoms with Gasteiger partial charge in [0.15, 0.2) is 17.3 Å². The summed E-state index contributed by atoms with van der Waals surface area (Å²) < 4.78 is 40.4. The van der Waals surface area contributed by atoms with Gasteiger partial charge in [-0.1, -0.05) is 48.0 Å². The summed E-state index contributed by atoms with van der Waals surface area (Å²) >= 11 is 1.79. The van der Waals surface area contributed by atoms with Gasteiger partial charge in [0.2, 0.25) is 16.9 Å². The smallest absolute Gasteiger partial charge is 0.239 e. The quantitative estimate of drug-likeness (QED) is 0.0812. The van der Waals surface area contributed by atoms with Gasteiger partial charge in [-0.3, -0.25) is 4.79 Å². The minimum Gasteiger partial charge on any atom is -0.496 e. The highest BCUT2D eigenvalue weighted by atomic mass is 32.2. The van der Waals surface area contributed by atoms with Crippen molar-refractivity contribution in [2.75, 3.05) is 47.9 Å². The molecule has 0 fully saturated rings. The molecular formula is C40H39NO8S. The van der Waals surface area contributed by atoms with Gasteiger partial charge in [-0.25, -0.2) is 4.98 Å².